The van der Waals surface area contributed by atoms with Crippen LogP contribution in [0, 0.1) is 0 Å². The first-order valence-corrected chi connectivity index (χ1v) is 10.2. The first kappa shape index (κ1) is 20.7. The highest BCUT2D eigenvalue weighted by molar-refractivity contribution is 6.22. The topological polar surface area (TPSA) is 98.2 Å². The third-order valence-corrected chi connectivity index (χ3v) is 5.89. The van der Waals surface area contributed by atoms with Crippen LogP contribution in [0.5, 0.6) is 0 Å². The molecule has 31 heavy (non-hydrogen) atoms. The quantitative estimate of drug-likeness (QED) is 0.583. The average molecular weight is 421 g/mol. The zero-order valence-electron chi connectivity index (χ0n) is 17.2. The number of carboxylic acids is 1. The number of carboxylic acid groups (broad SMARTS) is 1. The van der Waals surface area contributed by atoms with Gasteiger partial charge in [-0.15, -0.1) is 0 Å². The number of hydrogen-bond acceptors (Lipinski definition) is 6. The standard InChI is InChI=1S/C23H23N3O5/c1-15(27)16-2-6-18(7-3-16)24-10-12-25(13-11-24)20-14-21(28)26(22(20)29)19-8-4-17(5-9-19)23(30)31/h2-9,20H,10-14H2,1H3,(H,30,31)/t20-/m1/s1. The zero-order valence-corrected chi connectivity index (χ0v) is 17.2. The normalized spacial score (nSPS) is 19.7. The van der Waals surface area contributed by atoms with Crippen molar-refractivity contribution in [2.24, 2.45) is 0 Å². The van der Waals surface area contributed by atoms with E-state index in [0.29, 0.717) is 37.4 Å². The van der Waals surface area contributed by atoms with Crippen molar-refractivity contribution >= 4 is 34.9 Å². The molecule has 1 N–H and O–H groups in total. The molecule has 0 aliphatic carbocycles. The molecular weight excluding hydrogens is 398 g/mol. The largest absolute Gasteiger partial charge is 0.478 e. The molecule has 2 amide bonds. The molecular formula is C23H23N3O5. The van der Waals surface area contributed by atoms with Crippen molar-refractivity contribution in [1.29, 1.82) is 0 Å². The average Bonchev–Trinajstić information content (AvgIpc) is 3.08. The fourth-order valence-corrected chi connectivity index (χ4v) is 4.12. The number of nitrogens with zero attached hydrogens (tertiary/aromatic N) is 3. The molecule has 1 atom stereocenters. The molecule has 8 heteroatoms. The van der Waals surface area contributed by atoms with Gasteiger partial charge in [0.1, 0.15) is 0 Å². The molecule has 2 saturated heterocycles. The molecule has 2 heterocycles. The summed E-state index contributed by atoms with van der Waals surface area (Å²) in [6.07, 6.45) is 0.118. The lowest BCUT2D eigenvalue weighted by Crippen LogP contribution is -2.52. The lowest BCUT2D eigenvalue weighted by atomic mass is 10.1. The minimum atomic E-state index is -1.06. The van der Waals surface area contributed by atoms with Crippen molar-refractivity contribution < 1.29 is 24.3 Å². The van der Waals surface area contributed by atoms with Gasteiger partial charge in [-0.05, 0) is 55.5 Å². The summed E-state index contributed by atoms with van der Waals surface area (Å²) in [7, 11) is 0. The molecule has 2 aromatic carbocycles. The Morgan fingerprint density at radius 1 is 0.839 bits per heavy atom. The van der Waals surface area contributed by atoms with Crippen LogP contribution in [0.3, 0.4) is 0 Å². The van der Waals surface area contributed by atoms with Gasteiger partial charge in [-0.3, -0.25) is 19.3 Å². The SMILES string of the molecule is CC(=O)c1ccc(N2CCN([C@@H]3CC(=O)N(c4ccc(C(=O)O)cc4)C3=O)CC2)cc1. The molecule has 160 valence electrons. The van der Waals surface area contributed by atoms with Crippen molar-refractivity contribution in [3.63, 3.8) is 0 Å². The van der Waals surface area contributed by atoms with Gasteiger partial charge in [0.25, 0.3) is 5.91 Å². The van der Waals surface area contributed by atoms with Gasteiger partial charge in [0.05, 0.1) is 23.7 Å². The van der Waals surface area contributed by atoms with Gasteiger partial charge < -0.3 is 10.0 Å². The number of benzene rings is 2. The molecule has 0 unspecified atom stereocenters. The predicted octanol–water partition coefficient (Wildman–Crippen LogP) is 2.04. The van der Waals surface area contributed by atoms with Gasteiger partial charge in [0.15, 0.2) is 5.78 Å². The molecule has 0 spiro atoms. The maximum Gasteiger partial charge on any atom is 0.335 e. The number of amides is 2. The van der Waals surface area contributed by atoms with Crippen LogP contribution in [-0.4, -0.2) is 65.8 Å². The highest BCUT2D eigenvalue weighted by atomic mass is 16.4. The summed E-state index contributed by atoms with van der Waals surface area (Å²) < 4.78 is 0. The molecule has 2 aromatic rings. The molecule has 0 bridgehead atoms. The molecule has 4 rings (SSSR count). The second-order valence-electron chi connectivity index (χ2n) is 7.77. The Balaban J connectivity index is 1.41. The number of imide groups is 1. The van der Waals surface area contributed by atoms with Gasteiger partial charge in [0, 0.05) is 37.4 Å². The van der Waals surface area contributed by atoms with Gasteiger partial charge >= 0.3 is 5.97 Å². The van der Waals surface area contributed by atoms with E-state index >= 15 is 0 Å². The first-order valence-electron chi connectivity index (χ1n) is 10.2. The fraction of sp³-hybridized carbons (Fsp3) is 0.304. The number of rotatable bonds is 5. The second kappa shape index (κ2) is 8.31. The molecule has 0 aromatic heterocycles. The fourth-order valence-electron chi connectivity index (χ4n) is 4.12. The Morgan fingerprint density at radius 2 is 1.39 bits per heavy atom. The van der Waals surface area contributed by atoms with Gasteiger partial charge in [-0.1, -0.05) is 0 Å². The summed E-state index contributed by atoms with van der Waals surface area (Å²) in [5, 5.41) is 9.03. The number of hydrogen-bond donors (Lipinski definition) is 1. The van der Waals surface area contributed by atoms with Crippen LogP contribution < -0.4 is 9.80 Å². The Labute approximate surface area is 179 Å². The summed E-state index contributed by atoms with van der Waals surface area (Å²) in [6.45, 7) is 4.25. The van der Waals surface area contributed by atoms with Gasteiger partial charge in [-0.2, -0.15) is 0 Å². The molecule has 0 saturated carbocycles. The van der Waals surface area contributed by atoms with Crippen molar-refractivity contribution in [2.75, 3.05) is 36.0 Å². The maximum atomic E-state index is 13.0. The number of anilines is 2. The third-order valence-electron chi connectivity index (χ3n) is 5.89. The van der Waals surface area contributed by atoms with E-state index in [-0.39, 0.29) is 29.6 Å². The summed E-state index contributed by atoms with van der Waals surface area (Å²) in [6, 6.07) is 12.7. The van der Waals surface area contributed by atoms with E-state index in [1.807, 2.05) is 29.2 Å². The smallest absolute Gasteiger partial charge is 0.335 e. The van der Waals surface area contributed by atoms with E-state index in [9.17, 15) is 19.2 Å². The number of piperazine rings is 1. The summed E-state index contributed by atoms with van der Waals surface area (Å²) in [4.78, 5) is 53.4. The molecule has 2 aliphatic rings. The van der Waals surface area contributed by atoms with E-state index in [1.165, 1.54) is 31.2 Å². The number of ketones is 1. The number of carbonyl (C=O) groups excluding carboxylic acids is 3. The monoisotopic (exact) mass is 421 g/mol. The zero-order chi connectivity index (χ0) is 22.1. The molecule has 2 fully saturated rings. The summed E-state index contributed by atoms with van der Waals surface area (Å²) in [5.74, 6) is -1.58. The minimum absolute atomic E-state index is 0.0305. The Hall–Kier alpha value is -3.52. The number of Topliss-reactive ketones (excluding diaryl/α,β-unsaturated/α-hetero) is 1. The molecule has 8 nitrogen and oxygen atoms in total. The van der Waals surface area contributed by atoms with E-state index in [0.717, 1.165) is 10.6 Å². The Bertz CT molecular complexity index is 1020. The van der Waals surface area contributed by atoms with Crippen molar-refractivity contribution in [3.8, 4) is 0 Å². The van der Waals surface area contributed by atoms with Crippen LogP contribution >= 0.6 is 0 Å². The first-order chi connectivity index (χ1) is 14.8. The Kier molecular flexibility index (Phi) is 5.56. The highest BCUT2D eigenvalue weighted by Crippen LogP contribution is 2.27. The second-order valence-corrected chi connectivity index (χ2v) is 7.77. The molecule has 0 radical (unpaired) electrons. The lowest BCUT2D eigenvalue weighted by molar-refractivity contribution is -0.123. The minimum Gasteiger partial charge on any atom is -0.478 e. The number of aromatic carboxylic acids is 1. The van der Waals surface area contributed by atoms with Crippen molar-refractivity contribution in [2.45, 2.75) is 19.4 Å². The van der Waals surface area contributed by atoms with Crippen LogP contribution in [-0.2, 0) is 9.59 Å². The van der Waals surface area contributed by atoms with E-state index in [1.54, 1.807) is 0 Å². The van der Waals surface area contributed by atoms with Crippen LogP contribution in [0.25, 0.3) is 0 Å². The van der Waals surface area contributed by atoms with Crippen molar-refractivity contribution in [1.82, 2.24) is 4.90 Å². The lowest BCUT2D eigenvalue weighted by Gasteiger charge is -2.38. The van der Waals surface area contributed by atoms with E-state index in [4.69, 9.17) is 5.11 Å². The van der Waals surface area contributed by atoms with Crippen molar-refractivity contribution in [3.05, 3.63) is 59.7 Å². The van der Waals surface area contributed by atoms with E-state index in [2.05, 4.69) is 4.90 Å². The summed E-state index contributed by atoms with van der Waals surface area (Å²) >= 11 is 0. The van der Waals surface area contributed by atoms with Crippen LogP contribution in [0.1, 0.15) is 34.1 Å². The van der Waals surface area contributed by atoms with E-state index < -0.39 is 12.0 Å². The maximum absolute atomic E-state index is 13.0. The van der Waals surface area contributed by atoms with Gasteiger partial charge in [0.2, 0.25) is 5.91 Å². The third kappa shape index (κ3) is 4.06. The van der Waals surface area contributed by atoms with Crippen LogP contribution in [0.2, 0.25) is 0 Å². The number of carbonyl (C=O) groups is 4. The van der Waals surface area contributed by atoms with Crippen LogP contribution in [0.15, 0.2) is 48.5 Å². The molecule has 2 aliphatic heterocycles. The van der Waals surface area contributed by atoms with Crippen LogP contribution in [0.4, 0.5) is 11.4 Å². The summed E-state index contributed by atoms with van der Waals surface area (Å²) in [5.41, 5.74) is 2.20. The Morgan fingerprint density at radius 3 is 1.94 bits per heavy atom. The van der Waals surface area contributed by atoms with Gasteiger partial charge in [-0.25, -0.2) is 9.69 Å². The highest BCUT2D eigenvalue weighted by Gasteiger charge is 2.43. The predicted molar refractivity (Wildman–Crippen MR) is 115 cm³/mol.